The second-order valence-corrected chi connectivity index (χ2v) is 9.61. The van der Waals surface area contributed by atoms with Gasteiger partial charge in [-0.25, -0.2) is 13.7 Å². The molecule has 148 valence electrons. The van der Waals surface area contributed by atoms with Crippen molar-refractivity contribution in [2.75, 3.05) is 11.9 Å². The molecule has 3 aliphatic rings. The van der Waals surface area contributed by atoms with Crippen molar-refractivity contribution in [1.82, 2.24) is 9.78 Å². The number of ether oxygens (including phenoxy) is 1. The smallest absolute Gasteiger partial charge is 0.353 e. The van der Waals surface area contributed by atoms with Crippen LogP contribution in [0.5, 0.6) is 5.88 Å². The molecule has 2 amide bonds. The summed E-state index contributed by atoms with van der Waals surface area (Å²) < 4.78 is 24.0. The van der Waals surface area contributed by atoms with Gasteiger partial charge in [-0.05, 0) is 74.6 Å². The van der Waals surface area contributed by atoms with Gasteiger partial charge in [-0.3, -0.25) is 0 Å². The molecule has 0 saturated carbocycles. The van der Waals surface area contributed by atoms with Gasteiger partial charge in [0.2, 0.25) is 5.88 Å². The zero-order valence-corrected chi connectivity index (χ0v) is 17.0. The number of nitrogens with one attached hydrogen (secondary N) is 1. The first-order valence-corrected chi connectivity index (χ1v) is 11.0. The molecule has 0 fully saturated rings. The van der Waals surface area contributed by atoms with Crippen LogP contribution in [0.4, 0.5) is 10.5 Å². The first-order chi connectivity index (χ1) is 13.4. The molecule has 0 bridgehead atoms. The number of carbonyl (C=O) groups excluding carboxylic acids is 1. The second kappa shape index (κ2) is 6.34. The van der Waals surface area contributed by atoms with E-state index in [0.29, 0.717) is 17.4 Å². The van der Waals surface area contributed by atoms with Gasteiger partial charge in [0.1, 0.15) is 11.5 Å². The Labute approximate surface area is 165 Å². The fraction of sp³-hybridized carbons (Fsp3) is 0.500. The van der Waals surface area contributed by atoms with Crippen LogP contribution in [0, 0.1) is 0 Å². The zero-order valence-electron chi connectivity index (χ0n) is 16.1. The average molecular weight is 401 g/mol. The number of nitrogens with zero attached hydrogens (tertiary/aromatic N) is 3. The highest BCUT2D eigenvalue weighted by molar-refractivity contribution is 7.75. The summed E-state index contributed by atoms with van der Waals surface area (Å²) in [6, 6.07) is 1.75. The van der Waals surface area contributed by atoms with Crippen molar-refractivity contribution in [1.29, 1.82) is 0 Å². The Bertz CT molecular complexity index is 1050. The molecular formula is C20H24N4O3S. The molecule has 1 N–H and O–H groups in total. The molecule has 2 heterocycles. The van der Waals surface area contributed by atoms with Gasteiger partial charge >= 0.3 is 6.03 Å². The number of anilines is 1. The number of thiol groups is 1. The number of aryl methyl sites for hydroxylation is 2. The summed E-state index contributed by atoms with van der Waals surface area (Å²) >= 11 is 0. The zero-order chi connectivity index (χ0) is 19.5. The van der Waals surface area contributed by atoms with Crippen LogP contribution in [0.2, 0.25) is 0 Å². The third kappa shape index (κ3) is 2.73. The maximum atomic E-state index is 12.7. The molecule has 1 aromatic heterocycles. The van der Waals surface area contributed by atoms with Crippen LogP contribution in [0.25, 0.3) is 0 Å². The molecule has 8 heteroatoms. The number of benzene rings is 1. The number of urea groups is 1. The molecular weight excluding hydrogens is 376 g/mol. The van der Waals surface area contributed by atoms with Gasteiger partial charge in [0.15, 0.2) is 0 Å². The van der Waals surface area contributed by atoms with E-state index >= 15 is 0 Å². The first-order valence-electron chi connectivity index (χ1n) is 9.82. The van der Waals surface area contributed by atoms with E-state index in [0.717, 1.165) is 44.2 Å². The minimum absolute atomic E-state index is 0.294. The van der Waals surface area contributed by atoms with Gasteiger partial charge in [0, 0.05) is 5.69 Å². The Morgan fingerprint density at radius 2 is 1.89 bits per heavy atom. The van der Waals surface area contributed by atoms with Gasteiger partial charge in [0.05, 0.1) is 22.3 Å². The highest BCUT2D eigenvalue weighted by Gasteiger charge is 2.34. The molecule has 0 radical (unpaired) electrons. The third-order valence-corrected chi connectivity index (χ3v) is 7.02. The van der Waals surface area contributed by atoms with Crippen molar-refractivity contribution in [3.63, 3.8) is 0 Å². The maximum Gasteiger partial charge on any atom is 0.353 e. The lowest BCUT2D eigenvalue weighted by atomic mass is 9.99. The topological polar surface area (TPSA) is 85.6 Å². The van der Waals surface area contributed by atoms with Gasteiger partial charge in [-0.1, -0.05) is 6.07 Å². The van der Waals surface area contributed by atoms with Crippen molar-refractivity contribution in [2.24, 2.45) is 4.36 Å². The lowest BCUT2D eigenvalue weighted by Gasteiger charge is -2.14. The molecule has 1 aromatic carbocycles. The highest BCUT2D eigenvalue weighted by Crippen LogP contribution is 2.39. The summed E-state index contributed by atoms with van der Waals surface area (Å²) in [5.74, 6) is 0.448. The number of amides is 2. The Kier molecular flexibility index (Phi) is 4.01. The van der Waals surface area contributed by atoms with Crippen molar-refractivity contribution in [3.8, 4) is 5.88 Å². The first kappa shape index (κ1) is 17.7. The fourth-order valence-corrected chi connectivity index (χ4v) is 5.36. The van der Waals surface area contributed by atoms with E-state index in [1.54, 1.807) is 4.68 Å². The third-order valence-electron chi connectivity index (χ3n) is 5.94. The molecule has 1 aliphatic heterocycles. The van der Waals surface area contributed by atoms with Gasteiger partial charge in [-0.15, -0.1) is 4.36 Å². The molecule has 0 spiro atoms. The normalized spacial score (nSPS) is 19.8. The van der Waals surface area contributed by atoms with Crippen molar-refractivity contribution >= 4 is 22.3 Å². The molecule has 1 atom stereocenters. The number of hydrogen-bond donors (Lipinski definition) is 2. The second-order valence-electron chi connectivity index (χ2n) is 8.38. The van der Waals surface area contributed by atoms with Crippen molar-refractivity contribution in [3.05, 3.63) is 34.5 Å². The molecule has 5 rings (SSSR count). The molecule has 7 nitrogen and oxygen atoms in total. The maximum absolute atomic E-state index is 12.7. The van der Waals surface area contributed by atoms with Crippen LogP contribution in [0.3, 0.4) is 0 Å². The quantitative estimate of drug-likeness (QED) is 0.758. The molecule has 1 unspecified atom stereocenters. The number of hydrogen-bond acceptors (Lipinski definition) is 4. The fourth-order valence-electron chi connectivity index (χ4n) is 4.57. The van der Waals surface area contributed by atoms with Crippen LogP contribution in [-0.4, -0.2) is 26.6 Å². The van der Waals surface area contributed by atoms with Gasteiger partial charge in [0.25, 0.3) is 0 Å². The van der Waals surface area contributed by atoms with Gasteiger partial charge in [-0.2, -0.15) is 5.10 Å². The van der Waals surface area contributed by atoms with Crippen LogP contribution < -0.4 is 10.1 Å². The Hall–Kier alpha value is -2.35. The average Bonchev–Trinajstić information content (AvgIpc) is 3.40. The van der Waals surface area contributed by atoms with Crippen molar-refractivity contribution < 1.29 is 13.7 Å². The van der Waals surface area contributed by atoms with Crippen LogP contribution in [-0.2, 0) is 41.8 Å². The Morgan fingerprint density at radius 1 is 1.21 bits per heavy atom. The van der Waals surface area contributed by atoms with Crippen LogP contribution in [0.15, 0.2) is 21.5 Å². The number of aromatic nitrogens is 2. The summed E-state index contributed by atoms with van der Waals surface area (Å²) in [7, 11) is -2.28. The van der Waals surface area contributed by atoms with Crippen molar-refractivity contribution in [2.45, 2.75) is 62.8 Å². The minimum Gasteiger partial charge on any atom is -0.474 e. The SMILES string of the molecule is CC1(C)COc2c([SH](=O)=NC(=O)Nc3c4c(cc5c3CCC5)CCC4)cnn21. The van der Waals surface area contributed by atoms with E-state index in [4.69, 9.17) is 4.74 Å². The summed E-state index contributed by atoms with van der Waals surface area (Å²) in [5, 5.41) is 7.23. The number of rotatable bonds is 2. The Morgan fingerprint density at radius 3 is 2.57 bits per heavy atom. The largest absolute Gasteiger partial charge is 0.474 e. The minimum atomic E-state index is -2.28. The predicted octanol–water partition coefficient (Wildman–Crippen LogP) is 3.24. The summed E-state index contributed by atoms with van der Waals surface area (Å²) in [6.07, 6.45) is 7.79. The standard InChI is InChI=1S/C20H24N4O3S/c1-20(2)11-27-18-16(10-21-24(18)20)28(26)23-19(25)22-17-14-7-3-5-12(14)9-13-6-4-8-15(13)17/h9-10,28H,3-8,11H2,1-2H3,(H,22,25). The summed E-state index contributed by atoms with van der Waals surface area (Å²) in [6.45, 7) is 4.45. The van der Waals surface area contributed by atoms with E-state index < -0.39 is 16.6 Å². The summed E-state index contributed by atoms with van der Waals surface area (Å²) in [4.78, 5) is 13.0. The summed E-state index contributed by atoms with van der Waals surface area (Å²) in [5.41, 5.74) is 5.76. The molecule has 0 saturated heterocycles. The lowest BCUT2D eigenvalue weighted by molar-refractivity contribution is 0.259. The van der Waals surface area contributed by atoms with E-state index in [1.807, 2.05) is 13.8 Å². The number of fused-ring (bicyclic) bond motifs is 3. The van der Waals surface area contributed by atoms with Crippen LogP contribution >= 0.6 is 0 Å². The molecule has 28 heavy (non-hydrogen) atoms. The van der Waals surface area contributed by atoms with Crippen LogP contribution in [0.1, 0.15) is 48.9 Å². The molecule has 2 aliphatic carbocycles. The van der Waals surface area contributed by atoms with E-state index in [-0.39, 0.29) is 5.54 Å². The predicted molar refractivity (Wildman–Crippen MR) is 107 cm³/mol. The van der Waals surface area contributed by atoms with E-state index in [2.05, 4.69) is 20.8 Å². The number of carbonyl (C=O) groups is 1. The van der Waals surface area contributed by atoms with E-state index in [9.17, 15) is 9.00 Å². The van der Waals surface area contributed by atoms with E-state index in [1.165, 1.54) is 28.5 Å². The lowest BCUT2D eigenvalue weighted by Crippen LogP contribution is -2.26. The van der Waals surface area contributed by atoms with Gasteiger partial charge < -0.3 is 10.1 Å². The molecule has 2 aromatic rings. The highest BCUT2D eigenvalue weighted by atomic mass is 32.2. The monoisotopic (exact) mass is 400 g/mol. The Balaban J connectivity index is 1.45.